The summed E-state index contributed by atoms with van der Waals surface area (Å²) < 4.78 is 23.2. The van der Waals surface area contributed by atoms with Crippen LogP contribution < -0.4 is 29.7 Å². The highest BCUT2D eigenvalue weighted by Gasteiger charge is 2.15. The van der Waals surface area contributed by atoms with E-state index in [0.29, 0.717) is 64.1 Å². The third-order valence-electron chi connectivity index (χ3n) is 5.26. The summed E-state index contributed by atoms with van der Waals surface area (Å²) in [6.07, 6.45) is 3.10. The van der Waals surface area contributed by atoms with Crippen LogP contribution in [-0.4, -0.2) is 44.5 Å². The van der Waals surface area contributed by atoms with Gasteiger partial charge in [0.05, 0.1) is 23.9 Å². The van der Waals surface area contributed by atoms with E-state index in [1.807, 2.05) is 45.0 Å². The number of nitrogens with one attached hydrogen (secondary N) is 2. The molecular weight excluding hydrogens is 578 g/mol. The molecule has 0 bridgehead atoms. The first-order valence-electron chi connectivity index (χ1n) is 12.6. The second kappa shape index (κ2) is 15.3. The van der Waals surface area contributed by atoms with Crippen molar-refractivity contribution in [3.8, 4) is 23.0 Å². The summed E-state index contributed by atoms with van der Waals surface area (Å²) in [5.74, 6) is 1.04. The largest absolute Gasteiger partial charge is 0.490 e. The van der Waals surface area contributed by atoms with Crippen molar-refractivity contribution in [1.29, 1.82) is 0 Å². The van der Waals surface area contributed by atoms with E-state index in [4.69, 9.17) is 18.9 Å². The Kier molecular flexibility index (Phi) is 11.6. The van der Waals surface area contributed by atoms with Gasteiger partial charge < -0.3 is 24.3 Å². The Morgan fingerprint density at radius 2 is 1.65 bits per heavy atom. The maximum absolute atomic E-state index is 12.7. The second-order valence-electron chi connectivity index (χ2n) is 8.36. The van der Waals surface area contributed by atoms with Gasteiger partial charge >= 0.3 is 0 Å². The van der Waals surface area contributed by atoms with Crippen LogP contribution in [0.3, 0.4) is 0 Å². The van der Waals surface area contributed by atoms with Crippen LogP contribution in [0.2, 0.25) is 0 Å². The lowest BCUT2D eigenvalue weighted by Gasteiger charge is -2.14. The molecular formula is C30H32BrN3O6. The highest BCUT2D eigenvalue weighted by atomic mass is 79.9. The van der Waals surface area contributed by atoms with Crippen LogP contribution in [-0.2, 0) is 4.79 Å². The molecule has 0 aromatic heterocycles. The molecule has 3 aromatic carbocycles. The number of ether oxygens (including phenoxy) is 4. The molecule has 0 saturated heterocycles. The number of hydrogen-bond donors (Lipinski definition) is 2. The number of nitrogens with zero attached hydrogens (tertiary/aromatic N) is 1. The molecule has 2 amide bonds. The Morgan fingerprint density at radius 1 is 0.925 bits per heavy atom. The molecule has 3 aromatic rings. The minimum Gasteiger partial charge on any atom is -0.490 e. The number of benzene rings is 3. The third kappa shape index (κ3) is 8.88. The van der Waals surface area contributed by atoms with Gasteiger partial charge in [-0.25, -0.2) is 5.43 Å². The number of aryl methyl sites for hydroxylation is 1. The van der Waals surface area contributed by atoms with Crippen molar-refractivity contribution in [3.05, 3.63) is 88.4 Å². The fourth-order valence-corrected chi connectivity index (χ4v) is 4.03. The molecule has 210 valence electrons. The van der Waals surface area contributed by atoms with Crippen molar-refractivity contribution in [2.45, 2.75) is 20.8 Å². The van der Waals surface area contributed by atoms with Crippen molar-refractivity contribution < 1.29 is 28.5 Å². The minimum absolute atomic E-state index is 0.211. The average molecular weight is 611 g/mol. The Bertz CT molecular complexity index is 1360. The molecule has 0 atom stereocenters. The summed E-state index contributed by atoms with van der Waals surface area (Å²) in [5, 5.41) is 6.87. The van der Waals surface area contributed by atoms with Crippen molar-refractivity contribution in [2.75, 3.05) is 31.7 Å². The van der Waals surface area contributed by atoms with Gasteiger partial charge in [0, 0.05) is 11.3 Å². The average Bonchev–Trinajstić information content (AvgIpc) is 2.93. The minimum atomic E-state index is -0.420. The van der Waals surface area contributed by atoms with Crippen LogP contribution in [0.15, 0.2) is 76.8 Å². The molecule has 0 saturated carbocycles. The van der Waals surface area contributed by atoms with E-state index in [1.165, 1.54) is 6.21 Å². The van der Waals surface area contributed by atoms with E-state index in [1.54, 1.807) is 36.4 Å². The van der Waals surface area contributed by atoms with Gasteiger partial charge in [0.1, 0.15) is 6.61 Å². The number of amides is 2. The van der Waals surface area contributed by atoms with E-state index >= 15 is 0 Å². The normalized spacial score (nSPS) is 10.6. The first kappa shape index (κ1) is 30.2. The number of carbonyl (C=O) groups is 2. The Morgan fingerprint density at radius 3 is 2.35 bits per heavy atom. The summed E-state index contributed by atoms with van der Waals surface area (Å²) in [6, 6.07) is 15.8. The summed E-state index contributed by atoms with van der Waals surface area (Å²) in [4.78, 5) is 25.1. The van der Waals surface area contributed by atoms with E-state index in [9.17, 15) is 9.59 Å². The molecule has 0 unspecified atom stereocenters. The van der Waals surface area contributed by atoms with Gasteiger partial charge in [0.25, 0.3) is 11.8 Å². The zero-order chi connectivity index (χ0) is 28.9. The van der Waals surface area contributed by atoms with Crippen LogP contribution in [0.5, 0.6) is 23.0 Å². The molecule has 0 spiro atoms. The molecule has 0 aliphatic rings. The molecule has 40 heavy (non-hydrogen) atoms. The van der Waals surface area contributed by atoms with Gasteiger partial charge in [-0.15, -0.1) is 0 Å². The number of rotatable bonds is 14. The number of hydrazone groups is 1. The molecule has 3 rings (SSSR count). The molecule has 0 radical (unpaired) electrons. The maximum atomic E-state index is 12.7. The Labute approximate surface area is 242 Å². The lowest BCUT2D eigenvalue weighted by atomic mass is 10.2. The van der Waals surface area contributed by atoms with Crippen LogP contribution in [0.1, 0.15) is 35.3 Å². The predicted molar refractivity (Wildman–Crippen MR) is 159 cm³/mol. The number of halogens is 1. The molecule has 2 N–H and O–H groups in total. The number of carbonyl (C=O) groups excluding carboxylic acids is 2. The van der Waals surface area contributed by atoms with Gasteiger partial charge in [-0.05, 0) is 84.7 Å². The Hall–Kier alpha value is -4.31. The lowest BCUT2D eigenvalue weighted by molar-refractivity contribution is -0.118. The van der Waals surface area contributed by atoms with Crippen LogP contribution >= 0.6 is 15.9 Å². The summed E-state index contributed by atoms with van der Waals surface area (Å²) >= 11 is 3.48. The zero-order valence-electron chi connectivity index (χ0n) is 22.7. The highest BCUT2D eigenvalue weighted by Crippen LogP contribution is 2.36. The van der Waals surface area contributed by atoms with Gasteiger partial charge in [0.2, 0.25) is 0 Å². The topological polar surface area (TPSA) is 107 Å². The van der Waals surface area contributed by atoms with E-state index < -0.39 is 5.91 Å². The molecule has 0 aliphatic carbocycles. The summed E-state index contributed by atoms with van der Waals surface area (Å²) in [7, 11) is 0. The summed E-state index contributed by atoms with van der Waals surface area (Å²) in [5.41, 5.74) is 5.28. The fourth-order valence-electron chi connectivity index (χ4n) is 3.45. The smallest absolute Gasteiger partial charge is 0.271 e. The highest BCUT2D eigenvalue weighted by molar-refractivity contribution is 9.10. The van der Waals surface area contributed by atoms with Crippen molar-refractivity contribution in [2.24, 2.45) is 5.10 Å². The SMILES string of the molecule is C=CCOc1ccc(C(=O)N/N=C/c2cc(Br)c(OCC(=O)Nc3ccc(C)cc3)c(OCC)c2)cc1OCC. The Balaban J connectivity index is 1.66. The van der Waals surface area contributed by atoms with Crippen molar-refractivity contribution in [3.63, 3.8) is 0 Å². The molecule has 10 heteroatoms. The van der Waals surface area contributed by atoms with Crippen LogP contribution in [0.25, 0.3) is 0 Å². The van der Waals surface area contributed by atoms with Crippen LogP contribution in [0.4, 0.5) is 5.69 Å². The molecule has 0 heterocycles. The third-order valence-corrected chi connectivity index (χ3v) is 5.85. The van der Waals surface area contributed by atoms with E-state index in [-0.39, 0.29) is 12.5 Å². The first-order chi connectivity index (χ1) is 19.3. The van der Waals surface area contributed by atoms with Crippen LogP contribution in [0, 0.1) is 6.92 Å². The first-order valence-corrected chi connectivity index (χ1v) is 13.4. The standard InChI is InChI=1S/C30H32BrN3O6/c1-5-14-39-25-13-10-22(17-26(25)37-6-2)30(36)34-32-18-21-15-24(31)29(27(16-21)38-7-3)40-19-28(35)33-23-11-8-20(4)9-12-23/h5,8-13,15-18H,1,6-7,14,19H2,2-4H3,(H,33,35)(H,34,36)/b32-18+. The molecule has 0 fully saturated rings. The van der Waals surface area contributed by atoms with Crippen molar-refractivity contribution in [1.82, 2.24) is 5.43 Å². The number of hydrogen-bond acceptors (Lipinski definition) is 7. The van der Waals surface area contributed by atoms with Crippen molar-refractivity contribution >= 4 is 39.6 Å². The maximum Gasteiger partial charge on any atom is 0.271 e. The predicted octanol–water partition coefficient (Wildman–Crippen LogP) is 5.90. The van der Waals surface area contributed by atoms with Gasteiger partial charge in [0.15, 0.2) is 29.6 Å². The van der Waals surface area contributed by atoms with E-state index in [2.05, 4.69) is 38.4 Å². The fraction of sp³-hybridized carbons (Fsp3) is 0.233. The quantitative estimate of drug-likeness (QED) is 0.134. The van der Waals surface area contributed by atoms with Gasteiger partial charge in [-0.2, -0.15) is 5.10 Å². The van der Waals surface area contributed by atoms with Gasteiger partial charge in [-0.1, -0.05) is 30.4 Å². The zero-order valence-corrected chi connectivity index (χ0v) is 24.2. The molecule has 0 aliphatic heterocycles. The number of anilines is 1. The van der Waals surface area contributed by atoms with E-state index in [0.717, 1.165) is 5.56 Å². The summed E-state index contributed by atoms with van der Waals surface area (Å²) in [6.45, 7) is 10.2. The molecule has 9 nitrogen and oxygen atoms in total. The monoisotopic (exact) mass is 609 g/mol. The lowest BCUT2D eigenvalue weighted by Crippen LogP contribution is -2.20. The van der Waals surface area contributed by atoms with Gasteiger partial charge in [-0.3, -0.25) is 9.59 Å². The second-order valence-corrected chi connectivity index (χ2v) is 9.21.